The molecule has 1 fully saturated rings. The normalized spacial score (nSPS) is 18.4. The van der Waals surface area contributed by atoms with Crippen molar-refractivity contribution in [1.29, 1.82) is 0 Å². The zero-order chi connectivity index (χ0) is 17.8. The fourth-order valence-electron chi connectivity index (χ4n) is 2.94. The van der Waals surface area contributed by atoms with Crippen molar-refractivity contribution in [2.75, 3.05) is 13.1 Å². The van der Waals surface area contributed by atoms with Gasteiger partial charge in [-0.1, -0.05) is 12.1 Å². The van der Waals surface area contributed by atoms with Crippen LogP contribution in [0.4, 0.5) is 4.39 Å². The predicted octanol–water partition coefficient (Wildman–Crippen LogP) is 0.812. The molecule has 0 aliphatic carbocycles. The Bertz CT molecular complexity index is 726. The molecule has 8 heteroatoms. The maximum atomic E-state index is 13.7. The van der Waals surface area contributed by atoms with Gasteiger partial charge in [-0.05, 0) is 25.0 Å². The number of piperidine rings is 1. The lowest BCUT2D eigenvalue weighted by atomic mass is 10.0. The average molecular weight is 346 g/mol. The van der Waals surface area contributed by atoms with Crippen LogP contribution < -0.4 is 10.7 Å². The quantitative estimate of drug-likeness (QED) is 0.849. The van der Waals surface area contributed by atoms with Crippen LogP contribution in [0, 0.1) is 5.82 Å². The smallest absolute Gasteiger partial charge is 0.267 e. The Kier molecular flexibility index (Phi) is 5.06. The lowest BCUT2D eigenvalue weighted by Gasteiger charge is -2.32. The van der Waals surface area contributed by atoms with Gasteiger partial charge in [-0.2, -0.15) is 5.10 Å². The second kappa shape index (κ2) is 7.42. The van der Waals surface area contributed by atoms with Crippen LogP contribution in [0.1, 0.15) is 36.0 Å². The van der Waals surface area contributed by atoms with Crippen molar-refractivity contribution in [1.82, 2.24) is 15.6 Å². The largest absolute Gasteiger partial charge is 0.348 e. The summed E-state index contributed by atoms with van der Waals surface area (Å²) >= 11 is 0. The zero-order valence-electron chi connectivity index (χ0n) is 13.6. The Labute approximate surface area is 144 Å². The van der Waals surface area contributed by atoms with Crippen LogP contribution in [-0.4, -0.2) is 47.5 Å². The minimum absolute atomic E-state index is 0.0669. The van der Waals surface area contributed by atoms with Gasteiger partial charge in [0.25, 0.3) is 11.8 Å². The molecule has 0 atom stereocenters. The fourth-order valence-corrected chi connectivity index (χ4v) is 2.94. The van der Waals surface area contributed by atoms with E-state index in [2.05, 4.69) is 15.8 Å². The maximum absolute atomic E-state index is 13.7. The summed E-state index contributed by atoms with van der Waals surface area (Å²) in [6.45, 7) is 0.892. The van der Waals surface area contributed by atoms with Crippen LogP contribution in [-0.2, 0) is 9.59 Å². The van der Waals surface area contributed by atoms with Gasteiger partial charge in [0.2, 0.25) is 5.91 Å². The van der Waals surface area contributed by atoms with Crippen LogP contribution >= 0.6 is 0 Å². The van der Waals surface area contributed by atoms with Crippen LogP contribution in [0.15, 0.2) is 29.4 Å². The van der Waals surface area contributed by atoms with E-state index in [4.69, 9.17) is 0 Å². The number of carbonyl (C=O) groups is 3. The van der Waals surface area contributed by atoms with Gasteiger partial charge in [0.05, 0.1) is 5.56 Å². The zero-order valence-corrected chi connectivity index (χ0v) is 13.6. The summed E-state index contributed by atoms with van der Waals surface area (Å²) < 4.78 is 13.7. The number of hydrogen-bond donors (Lipinski definition) is 2. The minimum atomic E-state index is -0.528. The van der Waals surface area contributed by atoms with Gasteiger partial charge >= 0.3 is 0 Å². The summed E-state index contributed by atoms with van der Waals surface area (Å²) in [6.07, 6.45) is 1.75. The van der Waals surface area contributed by atoms with Crippen molar-refractivity contribution in [3.8, 4) is 0 Å². The Morgan fingerprint density at radius 1 is 1.20 bits per heavy atom. The van der Waals surface area contributed by atoms with Gasteiger partial charge in [-0.25, -0.2) is 9.82 Å². The fraction of sp³-hybridized carbons (Fsp3) is 0.412. The van der Waals surface area contributed by atoms with E-state index in [0.717, 1.165) is 0 Å². The summed E-state index contributed by atoms with van der Waals surface area (Å²) in [5.41, 5.74) is 2.67. The topological polar surface area (TPSA) is 90.9 Å². The van der Waals surface area contributed by atoms with E-state index < -0.39 is 5.82 Å². The Hall–Kier alpha value is -2.77. The van der Waals surface area contributed by atoms with E-state index in [-0.39, 0.29) is 35.7 Å². The molecule has 1 aromatic rings. The number of nitrogens with one attached hydrogen (secondary N) is 2. The molecule has 0 saturated carbocycles. The highest BCUT2D eigenvalue weighted by Gasteiger charge is 2.27. The highest BCUT2D eigenvalue weighted by molar-refractivity contribution is 6.39. The van der Waals surface area contributed by atoms with Crippen molar-refractivity contribution in [3.05, 3.63) is 35.6 Å². The second-order valence-electron chi connectivity index (χ2n) is 6.11. The molecule has 0 spiro atoms. The van der Waals surface area contributed by atoms with Crippen LogP contribution in [0.25, 0.3) is 0 Å². The minimum Gasteiger partial charge on any atom is -0.348 e. The molecule has 3 amide bonds. The van der Waals surface area contributed by atoms with E-state index in [1.807, 2.05) is 0 Å². The first-order valence-electron chi connectivity index (χ1n) is 8.24. The lowest BCUT2D eigenvalue weighted by Crippen LogP contribution is -2.48. The number of carbonyl (C=O) groups excluding carboxylic acids is 3. The van der Waals surface area contributed by atoms with Gasteiger partial charge in [0, 0.05) is 32.0 Å². The average Bonchev–Trinajstić information content (AvgIpc) is 2.63. The highest BCUT2D eigenvalue weighted by Crippen LogP contribution is 2.16. The molecule has 0 bridgehead atoms. The molecule has 2 aliphatic rings. The molecule has 2 N–H and O–H groups in total. The van der Waals surface area contributed by atoms with Gasteiger partial charge < -0.3 is 10.2 Å². The van der Waals surface area contributed by atoms with Crippen molar-refractivity contribution in [2.24, 2.45) is 5.10 Å². The molecule has 0 aromatic heterocycles. The maximum Gasteiger partial charge on any atom is 0.267 e. The first kappa shape index (κ1) is 17.1. The molecule has 7 nitrogen and oxygen atoms in total. The summed E-state index contributed by atoms with van der Waals surface area (Å²) in [4.78, 5) is 37.1. The molecule has 2 heterocycles. The van der Waals surface area contributed by atoms with Crippen molar-refractivity contribution < 1.29 is 18.8 Å². The third kappa shape index (κ3) is 4.01. The molecular weight excluding hydrogens is 327 g/mol. The highest BCUT2D eigenvalue weighted by atomic mass is 19.1. The van der Waals surface area contributed by atoms with E-state index in [1.165, 1.54) is 12.1 Å². The molecule has 0 radical (unpaired) electrons. The van der Waals surface area contributed by atoms with E-state index >= 15 is 0 Å². The van der Waals surface area contributed by atoms with Crippen LogP contribution in [0.3, 0.4) is 0 Å². The third-order valence-corrected chi connectivity index (χ3v) is 4.39. The summed E-state index contributed by atoms with van der Waals surface area (Å²) in [5.74, 6) is -1.35. The molecular formula is C17H19FN4O3. The number of nitrogens with zero attached hydrogens (tertiary/aromatic N) is 2. The van der Waals surface area contributed by atoms with Gasteiger partial charge in [-0.3, -0.25) is 14.4 Å². The molecule has 3 rings (SSSR count). The van der Waals surface area contributed by atoms with Crippen molar-refractivity contribution >= 4 is 23.4 Å². The first-order chi connectivity index (χ1) is 12.0. The number of rotatable bonds is 3. The molecule has 0 unspecified atom stereocenters. The van der Waals surface area contributed by atoms with Crippen LogP contribution in [0.5, 0.6) is 0 Å². The Morgan fingerprint density at radius 3 is 2.56 bits per heavy atom. The van der Waals surface area contributed by atoms with E-state index in [9.17, 15) is 18.8 Å². The number of likely N-dealkylation sites (tertiary alicyclic amines) is 1. The Morgan fingerprint density at radius 2 is 1.92 bits per heavy atom. The van der Waals surface area contributed by atoms with Gasteiger partial charge in [-0.15, -0.1) is 0 Å². The number of hydrazone groups is 1. The second-order valence-corrected chi connectivity index (χ2v) is 6.11. The number of hydrogen-bond acceptors (Lipinski definition) is 4. The molecule has 1 aromatic carbocycles. The van der Waals surface area contributed by atoms with Gasteiger partial charge in [0.15, 0.2) is 0 Å². The van der Waals surface area contributed by atoms with Crippen molar-refractivity contribution in [3.63, 3.8) is 0 Å². The summed E-state index contributed by atoms with van der Waals surface area (Å²) in [5, 5.41) is 6.65. The molecule has 1 saturated heterocycles. The van der Waals surface area contributed by atoms with E-state index in [0.29, 0.717) is 38.1 Å². The van der Waals surface area contributed by atoms with E-state index in [1.54, 1.807) is 17.0 Å². The SMILES string of the molecule is O=C1CCC(C(=O)NC2CCN(C(=O)c3ccccc3F)CC2)=NN1. The molecule has 2 aliphatic heterocycles. The van der Waals surface area contributed by atoms with Crippen molar-refractivity contribution in [2.45, 2.75) is 31.7 Å². The summed E-state index contributed by atoms with van der Waals surface area (Å²) in [6, 6.07) is 5.85. The summed E-state index contributed by atoms with van der Waals surface area (Å²) in [7, 11) is 0. The molecule has 132 valence electrons. The van der Waals surface area contributed by atoms with Crippen LogP contribution in [0.2, 0.25) is 0 Å². The number of halogens is 1. The Balaban J connectivity index is 1.52. The van der Waals surface area contributed by atoms with Gasteiger partial charge in [0.1, 0.15) is 11.5 Å². The predicted molar refractivity (Wildman–Crippen MR) is 88.3 cm³/mol. The standard InChI is InChI=1S/C17H19FN4O3/c18-13-4-2-1-3-12(13)17(25)22-9-7-11(8-10-22)19-16(24)14-5-6-15(23)21-20-14/h1-4,11H,5-10H2,(H,19,24)(H,21,23). The third-order valence-electron chi connectivity index (χ3n) is 4.39. The first-order valence-corrected chi connectivity index (χ1v) is 8.24. The number of amides is 3. The molecule has 25 heavy (non-hydrogen) atoms. The number of benzene rings is 1. The monoisotopic (exact) mass is 346 g/mol. The lowest BCUT2D eigenvalue weighted by molar-refractivity contribution is -0.121.